The summed E-state index contributed by atoms with van der Waals surface area (Å²) >= 11 is 0. The van der Waals surface area contributed by atoms with Crippen molar-refractivity contribution in [3.63, 3.8) is 0 Å². The van der Waals surface area contributed by atoms with Crippen LogP contribution in [0.2, 0.25) is 0 Å². The van der Waals surface area contributed by atoms with E-state index in [-0.39, 0.29) is 17.6 Å². The van der Waals surface area contributed by atoms with Gasteiger partial charge in [0.15, 0.2) is 0 Å². The van der Waals surface area contributed by atoms with Crippen molar-refractivity contribution in [3.8, 4) is 0 Å². The van der Waals surface area contributed by atoms with Crippen molar-refractivity contribution in [2.45, 2.75) is 37.4 Å². The van der Waals surface area contributed by atoms with E-state index < -0.39 is 0 Å². The fourth-order valence-electron chi connectivity index (χ4n) is 4.59. The number of nitrogens with zero attached hydrogens (tertiary/aromatic N) is 1. The second kappa shape index (κ2) is 6.91. The number of aliphatic hydroxyl groups is 2. The first kappa shape index (κ1) is 16.8. The van der Waals surface area contributed by atoms with Gasteiger partial charge in [-0.3, -0.25) is 0 Å². The van der Waals surface area contributed by atoms with Crippen LogP contribution in [-0.2, 0) is 0 Å². The molecule has 2 N–H and O–H groups in total. The van der Waals surface area contributed by atoms with E-state index in [1.165, 1.54) is 11.1 Å². The van der Waals surface area contributed by atoms with E-state index >= 15 is 0 Å². The quantitative estimate of drug-likeness (QED) is 0.901. The SMILES string of the molecule is O[C@@H]1C[C@H](O)C12CCN(CC(c1ccccc1)c1ccccc1)CC2. The zero-order valence-electron chi connectivity index (χ0n) is 14.6. The van der Waals surface area contributed by atoms with Crippen LogP contribution in [0.15, 0.2) is 60.7 Å². The maximum Gasteiger partial charge on any atom is 0.0647 e. The molecule has 25 heavy (non-hydrogen) atoms. The molecule has 1 aliphatic heterocycles. The van der Waals surface area contributed by atoms with Gasteiger partial charge in [0.2, 0.25) is 0 Å². The molecule has 2 aromatic rings. The van der Waals surface area contributed by atoms with E-state index in [1.807, 2.05) is 0 Å². The molecule has 4 rings (SSSR count). The van der Waals surface area contributed by atoms with E-state index in [0.29, 0.717) is 12.3 Å². The van der Waals surface area contributed by atoms with Crippen LogP contribution >= 0.6 is 0 Å². The van der Waals surface area contributed by atoms with E-state index in [0.717, 1.165) is 32.5 Å². The molecule has 2 aromatic carbocycles. The van der Waals surface area contributed by atoms with Crippen LogP contribution in [0.5, 0.6) is 0 Å². The Bertz CT molecular complexity index is 630. The molecule has 0 amide bonds. The summed E-state index contributed by atoms with van der Waals surface area (Å²) < 4.78 is 0. The van der Waals surface area contributed by atoms with Crippen LogP contribution < -0.4 is 0 Å². The van der Waals surface area contributed by atoms with Gasteiger partial charge in [-0.2, -0.15) is 0 Å². The standard InChI is InChI=1S/C22H27NO2/c24-20-15-21(25)22(20)11-13-23(14-12-22)16-19(17-7-3-1-4-8-17)18-9-5-2-6-10-18/h1-10,19-21,24-25H,11-16H2/t20-,21+. The first-order valence-corrected chi connectivity index (χ1v) is 9.37. The van der Waals surface area contributed by atoms with Gasteiger partial charge in [0.25, 0.3) is 0 Å². The highest BCUT2D eigenvalue weighted by Crippen LogP contribution is 2.49. The molecule has 2 aliphatic rings. The lowest BCUT2D eigenvalue weighted by Crippen LogP contribution is -2.61. The van der Waals surface area contributed by atoms with Crippen molar-refractivity contribution in [1.29, 1.82) is 0 Å². The fraction of sp³-hybridized carbons (Fsp3) is 0.455. The highest BCUT2D eigenvalue weighted by atomic mass is 16.3. The minimum absolute atomic E-state index is 0.231. The average Bonchev–Trinajstić information content (AvgIpc) is 2.68. The molecular weight excluding hydrogens is 310 g/mol. The van der Waals surface area contributed by atoms with Crippen molar-refractivity contribution in [2.75, 3.05) is 19.6 Å². The Kier molecular flexibility index (Phi) is 4.63. The van der Waals surface area contributed by atoms with Crippen LogP contribution in [0, 0.1) is 5.41 Å². The van der Waals surface area contributed by atoms with Crippen LogP contribution in [0.1, 0.15) is 36.3 Å². The molecule has 0 radical (unpaired) electrons. The third-order valence-electron chi connectivity index (χ3n) is 6.41. The summed E-state index contributed by atoms with van der Waals surface area (Å²) in [6.07, 6.45) is 1.71. The molecule has 3 nitrogen and oxygen atoms in total. The van der Waals surface area contributed by atoms with Gasteiger partial charge in [-0.1, -0.05) is 60.7 Å². The Hall–Kier alpha value is -1.68. The minimum Gasteiger partial charge on any atom is -0.392 e. The summed E-state index contributed by atoms with van der Waals surface area (Å²) in [5.74, 6) is 0.354. The van der Waals surface area contributed by atoms with Crippen molar-refractivity contribution < 1.29 is 10.2 Å². The topological polar surface area (TPSA) is 43.7 Å². The Labute approximate surface area is 149 Å². The highest BCUT2D eigenvalue weighted by molar-refractivity contribution is 5.32. The second-order valence-corrected chi connectivity index (χ2v) is 7.68. The number of likely N-dealkylation sites (tertiary alicyclic amines) is 1. The number of aliphatic hydroxyl groups excluding tert-OH is 2. The van der Waals surface area contributed by atoms with Crippen LogP contribution in [-0.4, -0.2) is 47.0 Å². The smallest absolute Gasteiger partial charge is 0.0647 e. The Morgan fingerprint density at radius 1 is 0.840 bits per heavy atom. The zero-order valence-corrected chi connectivity index (χ0v) is 14.6. The van der Waals surface area contributed by atoms with E-state index in [9.17, 15) is 10.2 Å². The van der Waals surface area contributed by atoms with Gasteiger partial charge < -0.3 is 15.1 Å². The molecule has 132 valence electrons. The first-order chi connectivity index (χ1) is 12.2. The third kappa shape index (κ3) is 3.12. The largest absolute Gasteiger partial charge is 0.392 e. The van der Waals surface area contributed by atoms with Gasteiger partial charge in [0.05, 0.1) is 12.2 Å². The summed E-state index contributed by atoms with van der Waals surface area (Å²) in [4.78, 5) is 2.49. The number of hydrogen-bond acceptors (Lipinski definition) is 3. The van der Waals surface area contributed by atoms with Gasteiger partial charge in [0, 0.05) is 24.3 Å². The van der Waals surface area contributed by atoms with Crippen LogP contribution in [0.25, 0.3) is 0 Å². The molecule has 3 heteroatoms. The summed E-state index contributed by atoms with van der Waals surface area (Å²) in [7, 11) is 0. The van der Waals surface area contributed by atoms with Crippen LogP contribution in [0.3, 0.4) is 0 Å². The summed E-state index contributed by atoms with van der Waals surface area (Å²) in [5, 5.41) is 20.3. The molecule has 2 atom stereocenters. The van der Waals surface area contributed by atoms with Crippen molar-refractivity contribution in [1.82, 2.24) is 4.90 Å². The van der Waals surface area contributed by atoms with E-state index in [2.05, 4.69) is 65.6 Å². The highest BCUT2D eigenvalue weighted by Gasteiger charge is 2.54. The van der Waals surface area contributed by atoms with Crippen LogP contribution in [0.4, 0.5) is 0 Å². The minimum atomic E-state index is -0.316. The maximum absolute atomic E-state index is 10.1. The Morgan fingerprint density at radius 2 is 1.32 bits per heavy atom. The number of benzene rings is 2. The predicted molar refractivity (Wildman–Crippen MR) is 99.5 cm³/mol. The lowest BCUT2D eigenvalue weighted by Gasteiger charge is -2.55. The number of rotatable bonds is 4. The molecule has 1 aliphatic carbocycles. The van der Waals surface area contributed by atoms with Crippen molar-refractivity contribution in [2.24, 2.45) is 5.41 Å². The zero-order chi connectivity index (χ0) is 17.3. The Morgan fingerprint density at radius 3 is 1.76 bits per heavy atom. The van der Waals surface area contributed by atoms with Crippen molar-refractivity contribution in [3.05, 3.63) is 71.8 Å². The molecule has 1 spiro atoms. The lowest BCUT2D eigenvalue weighted by molar-refractivity contribution is -0.189. The monoisotopic (exact) mass is 337 g/mol. The molecule has 1 saturated carbocycles. The van der Waals surface area contributed by atoms with Gasteiger partial charge >= 0.3 is 0 Å². The number of hydrogen-bond donors (Lipinski definition) is 2. The Balaban J connectivity index is 1.49. The molecule has 1 heterocycles. The van der Waals surface area contributed by atoms with Gasteiger partial charge in [-0.05, 0) is 37.1 Å². The molecule has 1 saturated heterocycles. The summed E-state index contributed by atoms with van der Waals surface area (Å²) in [6, 6.07) is 21.4. The summed E-state index contributed by atoms with van der Waals surface area (Å²) in [6.45, 7) is 2.88. The molecule has 0 unspecified atom stereocenters. The molecule has 2 fully saturated rings. The molecule has 0 bridgehead atoms. The van der Waals surface area contributed by atoms with Gasteiger partial charge in [-0.25, -0.2) is 0 Å². The third-order valence-corrected chi connectivity index (χ3v) is 6.41. The maximum atomic E-state index is 10.1. The first-order valence-electron chi connectivity index (χ1n) is 9.37. The number of piperidine rings is 1. The van der Waals surface area contributed by atoms with E-state index in [1.54, 1.807) is 0 Å². The lowest BCUT2D eigenvalue weighted by atomic mass is 9.58. The predicted octanol–water partition coefficient (Wildman–Crippen LogP) is 3.03. The fourth-order valence-corrected chi connectivity index (χ4v) is 4.59. The van der Waals surface area contributed by atoms with E-state index in [4.69, 9.17) is 0 Å². The average molecular weight is 337 g/mol. The normalized spacial score (nSPS) is 25.9. The summed E-state index contributed by atoms with van der Waals surface area (Å²) in [5.41, 5.74) is 2.46. The molecule has 0 aromatic heterocycles. The molecular formula is C22H27NO2. The van der Waals surface area contributed by atoms with Crippen molar-refractivity contribution >= 4 is 0 Å². The van der Waals surface area contributed by atoms with Gasteiger partial charge in [-0.15, -0.1) is 0 Å². The second-order valence-electron chi connectivity index (χ2n) is 7.68. The van der Waals surface area contributed by atoms with Gasteiger partial charge in [0.1, 0.15) is 0 Å².